The molecule has 0 radical (unpaired) electrons. The molecule has 3 rings (SSSR count). The maximum Gasteiger partial charge on any atom is 0.419 e. The smallest absolute Gasteiger partial charge is 0.419 e. The van der Waals surface area contributed by atoms with E-state index in [1.54, 1.807) is 30.3 Å². The Morgan fingerprint density at radius 3 is 2.86 bits per heavy atom. The van der Waals surface area contributed by atoms with Crippen molar-refractivity contribution in [1.29, 1.82) is 0 Å². The normalized spacial score (nSPS) is 10.4. The van der Waals surface area contributed by atoms with Crippen molar-refractivity contribution in [3.05, 3.63) is 47.6 Å². The summed E-state index contributed by atoms with van der Waals surface area (Å²) in [6.07, 6.45) is 0.676. The Morgan fingerprint density at radius 1 is 1.23 bits per heavy atom. The molecule has 0 aliphatic heterocycles. The van der Waals surface area contributed by atoms with Gasteiger partial charge in [-0.25, -0.2) is 9.78 Å². The number of nitrogens with zero attached hydrogens (tertiary/aromatic N) is 3. The van der Waals surface area contributed by atoms with Gasteiger partial charge in [0.15, 0.2) is 5.75 Å². The molecular formula is C14H9ClN4O3. The standard InChI is InChI=1S/C14H9ClN4O3/c15-8-4-5-10-9(7-8)12(20)13(19-18-10)22-14(21)17-11-3-1-2-6-16-11/h1-7H,(H,18,20)(H,16,17,21). The molecule has 2 aromatic heterocycles. The number of anilines is 1. The molecule has 0 saturated heterocycles. The number of halogens is 1. The largest absolute Gasteiger partial charge is 0.503 e. The van der Waals surface area contributed by atoms with E-state index in [-0.39, 0.29) is 11.6 Å². The molecule has 7 nitrogen and oxygen atoms in total. The molecule has 0 fully saturated rings. The highest BCUT2D eigenvalue weighted by Crippen LogP contribution is 2.32. The fourth-order valence-corrected chi connectivity index (χ4v) is 1.94. The zero-order valence-electron chi connectivity index (χ0n) is 11.0. The topological polar surface area (TPSA) is 97.2 Å². The second kappa shape index (κ2) is 5.82. The second-order valence-electron chi connectivity index (χ2n) is 4.24. The number of pyridine rings is 1. The first-order valence-corrected chi connectivity index (χ1v) is 6.56. The van der Waals surface area contributed by atoms with Gasteiger partial charge in [0.05, 0.1) is 10.9 Å². The van der Waals surface area contributed by atoms with Gasteiger partial charge in [-0.3, -0.25) is 5.32 Å². The number of ether oxygens (including phenoxy) is 1. The fourth-order valence-electron chi connectivity index (χ4n) is 1.77. The van der Waals surface area contributed by atoms with E-state index in [1.165, 1.54) is 12.3 Å². The van der Waals surface area contributed by atoms with Crippen LogP contribution in [0.3, 0.4) is 0 Å². The van der Waals surface area contributed by atoms with Gasteiger partial charge in [-0.15, -0.1) is 10.2 Å². The van der Waals surface area contributed by atoms with Crippen LogP contribution in [0, 0.1) is 0 Å². The minimum Gasteiger partial charge on any atom is -0.503 e. The van der Waals surface area contributed by atoms with Crippen LogP contribution in [0.2, 0.25) is 5.02 Å². The summed E-state index contributed by atoms with van der Waals surface area (Å²) in [5.74, 6) is -0.323. The first-order valence-electron chi connectivity index (χ1n) is 6.18. The van der Waals surface area contributed by atoms with Crippen molar-refractivity contribution in [2.45, 2.75) is 0 Å². The number of benzene rings is 1. The lowest BCUT2D eigenvalue weighted by molar-refractivity contribution is 0.210. The molecule has 0 aliphatic rings. The zero-order chi connectivity index (χ0) is 15.5. The van der Waals surface area contributed by atoms with E-state index in [0.717, 1.165) is 0 Å². The number of fused-ring (bicyclic) bond motifs is 1. The lowest BCUT2D eigenvalue weighted by Gasteiger charge is -2.07. The van der Waals surface area contributed by atoms with Gasteiger partial charge in [0.2, 0.25) is 0 Å². The summed E-state index contributed by atoms with van der Waals surface area (Å²) in [4.78, 5) is 15.7. The van der Waals surface area contributed by atoms with Crippen LogP contribution in [-0.4, -0.2) is 26.4 Å². The van der Waals surface area contributed by atoms with Crippen LogP contribution in [0.5, 0.6) is 11.6 Å². The highest BCUT2D eigenvalue weighted by atomic mass is 35.5. The fraction of sp³-hybridized carbons (Fsp3) is 0. The molecule has 2 N–H and O–H groups in total. The lowest BCUT2D eigenvalue weighted by Crippen LogP contribution is -2.18. The van der Waals surface area contributed by atoms with Gasteiger partial charge in [0, 0.05) is 11.2 Å². The number of amides is 1. The van der Waals surface area contributed by atoms with Crippen LogP contribution in [-0.2, 0) is 0 Å². The third-order valence-electron chi connectivity index (χ3n) is 2.75. The molecule has 0 saturated carbocycles. The molecular weight excluding hydrogens is 308 g/mol. The van der Waals surface area contributed by atoms with Gasteiger partial charge in [-0.05, 0) is 30.3 Å². The zero-order valence-corrected chi connectivity index (χ0v) is 11.8. The molecule has 2 heterocycles. The molecule has 1 amide bonds. The quantitative estimate of drug-likeness (QED) is 0.754. The van der Waals surface area contributed by atoms with Crippen LogP contribution in [0.4, 0.5) is 10.6 Å². The Balaban J connectivity index is 1.84. The van der Waals surface area contributed by atoms with E-state index in [0.29, 0.717) is 21.7 Å². The van der Waals surface area contributed by atoms with E-state index in [9.17, 15) is 9.90 Å². The summed E-state index contributed by atoms with van der Waals surface area (Å²) < 4.78 is 4.94. The first kappa shape index (κ1) is 14.0. The van der Waals surface area contributed by atoms with Crippen LogP contribution < -0.4 is 10.1 Å². The summed E-state index contributed by atoms with van der Waals surface area (Å²) >= 11 is 5.87. The predicted molar refractivity (Wildman–Crippen MR) is 80.1 cm³/mol. The molecule has 8 heteroatoms. The Bertz CT molecular complexity index is 842. The van der Waals surface area contributed by atoms with E-state index >= 15 is 0 Å². The SMILES string of the molecule is O=C(Nc1ccccn1)Oc1nnc2ccc(Cl)cc2c1O. The number of nitrogens with one attached hydrogen (secondary N) is 1. The van der Waals surface area contributed by atoms with Crippen molar-refractivity contribution in [1.82, 2.24) is 15.2 Å². The highest BCUT2D eigenvalue weighted by molar-refractivity contribution is 6.31. The number of rotatable bonds is 2. The van der Waals surface area contributed by atoms with Crippen molar-refractivity contribution < 1.29 is 14.6 Å². The maximum absolute atomic E-state index is 11.8. The van der Waals surface area contributed by atoms with Crippen LogP contribution in [0.25, 0.3) is 10.9 Å². The molecule has 1 aromatic carbocycles. The molecule has 0 unspecified atom stereocenters. The van der Waals surface area contributed by atoms with Crippen LogP contribution in [0.15, 0.2) is 42.6 Å². The van der Waals surface area contributed by atoms with E-state index in [2.05, 4.69) is 20.5 Å². The maximum atomic E-state index is 11.8. The average Bonchev–Trinajstić information content (AvgIpc) is 2.51. The molecule has 0 bridgehead atoms. The number of carbonyl (C=O) groups excluding carboxylic acids is 1. The number of hydrogen-bond donors (Lipinski definition) is 2. The third-order valence-corrected chi connectivity index (χ3v) is 2.98. The summed E-state index contributed by atoms with van der Waals surface area (Å²) in [7, 11) is 0. The van der Waals surface area contributed by atoms with Crippen molar-refractivity contribution >= 4 is 34.4 Å². The minimum absolute atomic E-state index is 0.309. The van der Waals surface area contributed by atoms with Gasteiger partial charge < -0.3 is 9.84 Å². The lowest BCUT2D eigenvalue weighted by atomic mass is 10.2. The predicted octanol–water partition coefficient (Wildman–Crippen LogP) is 2.99. The number of aromatic hydroxyl groups is 1. The number of hydrogen-bond acceptors (Lipinski definition) is 6. The van der Waals surface area contributed by atoms with Crippen molar-refractivity contribution in [2.24, 2.45) is 0 Å². The summed E-state index contributed by atoms with van der Waals surface area (Å²) in [5.41, 5.74) is 0.430. The van der Waals surface area contributed by atoms with Gasteiger partial charge >= 0.3 is 6.09 Å². The highest BCUT2D eigenvalue weighted by Gasteiger charge is 2.15. The van der Waals surface area contributed by atoms with E-state index < -0.39 is 6.09 Å². The molecule has 0 spiro atoms. The summed E-state index contributed by atoms with van der Waals surface area (Å²) in [6.45, 7) is 0. The summed E-state index contributed by atoms with van der Waals surface area (Å²) in [5, 5.41) is 20.8. The van der Waals surface area contributed by atoms with Crippen molar-refractivity contribution in [3.8, 4) is 11.6 Å². The van der Waals surface area contributed by atoms with Crippen LogP contribution >= 0.6 is 11.6 Å². The number of carbonyl (C=O) groups is 1. The van der Waals surface area contributed by atoms with Gasteiger partial charge in [-0.2, -0.15) is 0 Å². The third kappa shape index (κ3) is 2.89. The molecule has 0 atom stereocenters. The monoisotopic (exact) mass is 316 g/mol. The molecule has 0 aliphatic carbocycles. The van der Waals surface area contributed by atoms with Crippen molar-refractivity contribution in [3.63, 3.8) is 0 Å². The van der Waals surface area contributed by atoms with Crippen LogP contribution in [0.1, 0.15) is 0 Å². The average molecular weight is 317 g/mol. The Hall–Kier alpha value is -2.93. The first-order chi connectivity index (χ1) is 10.6. The Kier molecular flexibility index (Phi) is 3.71. The molecule has 22 heavy (non-hydrogen) atoms. The van der Waals surface area contributed by atoms with Gasteiger partial charge in [-0.1, -0.05) is 17.7 Å². The van der Waals surface area contributed by atoms with E-state index in [4.69, 9.17) is 16.3 Å². The number of aromatic nitrogens is 3. The van der Waals surface area contributed by atoms with Crippen molar-refractivity contribution in [2.75, 3.05) is 5.32 Å². The Morgan fingerprint density at radius 2 is 2.09 bits per heavy atom. The van der Waals surface area contributed by atoms with Gasteiger partial charge in [0.1, 0.15) is 5.82 Å². The van der Waals surface area contributed by atoms with E-state index in [1.807, 2.05) is 0 Å². The summed E-state index contributed by atoms with van der Waals surface area (Å²) in [6, 6.07) is 9.73. The molecule has 110 valence electrons. The minimum atomic E-state index is -0.843. The second-order valence-corrected chi connectivity index (χ2v) is 4.68. The Labute approximate surface area is 129 Å². The van der Waals surface area contributed by atoms with Gasteiger partial charge in [0.25, 0.3) is 5.88 Å². The molecule has 3 aromatic rings.